The van der Waals surface area contributed by atoms with E-state index >= 15 is 0 Å². The van der Waals surface area contributed by atoms with Crippen molar-refractivity contribution in [2.24, 2.45) is 5.92 Å². The zero-order chi connectivity index (χ0) is 14.4. The fraction of sp³-hybridized carbons (Fsp3) is 0.786. The summed E-state index contributed by atoms with van der Waals surface area (Å²) in [6.45, 7) is 4.90. The Morgan fingerprint density at radius 2 is 2.00 bits per heavy atom. The van der Waals surface area contributed by atoms with Gasteiger partial charge in [-0.1, -0.05) is 33.1 Å². The minimum Gasteiger partial charge on any atom is -0.463 e. The zero-order valence-electron chi connectivity index (χ0n) is 12.2. The van der Waals surface area contributed by atoms with Gasteiger partial charge in [0.15, 0.2) is 0 Å². The molecule has 2 atom stereocenters. The molecule has 2 unspecified atom stereocenters. The van der Waals surface area contributed by atoms with Crippen molar-refractivity contribution < 1.29 is 4.74 Å². The quantitative estimate of drug-likeness (QED) is 0.840. The summed E-state index contributed by atoms with van der Waals surface area (Å²) >= 11 is 5.93. The second-order valence-corrected chi connectivity index (χ2v) is 5.76. The van der Waals surface area contributed by atoms with Crippen molar-refractivity contribution in [2.45, 2.75) is 58.4 Å². The van der Waals surface area contributed by atoms with Crippen molar-refractivity contribution in [3.8, 4) is 6.01 Å². The maximum atomic E-state index is 5.93. The molecule has 1 N–H and O–H groups in total. The van der Waals surface area contributed by atoms with Gasteiger partial charge in [0.1, 0.15) is 0 Å². The number of ether oxygens (including phenoxy) is 1. The second-order valence-electron chi connectivity index (χ2n) is 5.43. The van der Waals surface area contributed by atoms with Gasteiger partial charge in [-0.3, -0.25) is 0 Å². The van der Waals surface area contributed by atoms with Crippen LogP contribution in [0, 0.1) is 5.92 Å². The normalized spacial score (nSPS) is 23.1. The predicted octanol–water partition coefficient (Wildman–Crippen LogP) is 3.69. The molecule has 112 valence electrons. The summed E-state index contributed by atoms with van der Waals surface area (Å²) in [5.74, 6) is 1.14. The van der Waals surface area contributed by atoms with E-state index in [9.17, 15) is 0 Å². The lowest BCUT2D eigenvalue weighted by atomic mass is 9.97. The highest BCUT2D eigenvalue weighted by molar-refractivity contribution is 6.28. The van der Waals surface area contributed by atoms with Crippen LogP contribution in [0.15, 0.2) is 0 Å². The Balaban J connectivity index is 2.05. The smallest absolute Gasteiger partial charge is 0.322 e. The van der Waals surface area contributed by atoms with Crippen molar-refractivity contribution in [2.75, 3.05) is 11.9 Å². The zero-order valence-corrected chi connectivity index (χ0v) is 13.0. The van der Waals surface area contributed by atoms with E-state index in [-0.39, 0.29) is 5.28 Å². The molecule has 2 rings (SSSR count). The third-order valence-electron chi connectivity index (χ3n) is 3.70. The Morgan fingerprint density at radius 3 is 2.80 bits per heavy atom. The Morgan fingerprint density at radius 1 is 1.20 bits per heavy atom. The summed E-state index contributed by atoms with van der Waals surface area (Å²) in [4.78, 5) is 12.4. The van der Waals surface area contributed by atoms with Crippen LogP contribution in [0.5, 0.6) is 6.01 Å². The van der Waals surface area contributed by atoms with Gasteiger partial charge in [-0.05, 0) is 36.8 Å². The van der Waals surface area contributed by atoms with Crippen LogP contribution < -0.4 is 10.1 Å². The van der Waals surface area contributed by atoms with Crippen LogP contribution in [0.3, 0.4) is 0 Å². The van der Waals surface area contributed by atoms with Crippen LogP contribution >= 0.6 is 11.6 Å². The van der Waals surface area contributed by atoms with Gasteiger partial charge < -0.3 is 10.1 Å². The third kappa shape index (κ3) is 4.47. The maximum absolute atomic E-state index is 5.93. The lowest BCUT2D eigenvalue weighted by molar-refractivity contribution is 0.291. The molecule has 0 saturated heterocycles. The first kappa shape index (κ1) is 15.3. The average Bonchev–Trinajstić information content (AvgIpc) is 2.61. The molecule has 1 aromatic rings. The number of nitrogens with one attached hydrogen (secondary N) is 1. The SMILES string of the molecule is CCCOc1nc(Cl)nc(NC2CCCCCC2C)n1. The van der Waals surface area contributed by atoms with E-state index in [2.05, 4.69) is 27.2 Å². The number of hydrogen-bond acceptors (Lipinski definition) is 5. The maximum Gasteiger partial charge on any atom is 0.322 e. The first-order valence-electron chi connectivity index (χ1n) is 7.50. The topological polar surface area (TPSA) is 59.9 Å². The van der Waals surface area contributed by atoms with E-state index in [4.69, 9.17) is 16.3 Å². The minimum atomic E-state index is 0.176. The largest absolute Gasteiger partial charge is 0.463 e. The third-order valence-corrected chi connectivity index (χ3v) is 3.87. The van der Waals surface area contributed by atoms with Crippen LogP contribution in [0.1, 0.15) is 52.4 Å². The summed E-state index contributed by atoms with van der Waals surface area (Å²) < 4.78 is 5.43. The lowest BCUT2D eigenvalue weighted by Gasteiger charge is -2.22. The molecule has 5 nitrogen and oxygen atoms in total. The Labute approximate surface area is 125 Å². The van der Waals surface area contributed by atoms with Gasteiger partial charge in [-0.15, -0.1) is 0 Å². The number of nitrogens with zero attached hydrogens (tertiary/aromatic N) is 3. The molecular formula is C14H23ClN4O. The molecule has 0 bridgehead atoms. The van der Waals surface area contributed by atoms with Crippen molar-refractivity contribution in [1.29, 1.82) is 0 Å². The first-order chi connectivity index (χ1) is 9.69. The van der Waals surface area contributed by atoms with Crippen molar-refractivity contribution in [3.05, 3.63) is 5.28 Å². The van der Waals surface area contributed by atoms with Gasteiger partial charge in [0.25, 0.3) is 0 Å². The average molecular weight is 299 g/mol. The molecule has 0 spiro atoms. The first-order valence-corrected chi connectivity index (χ1v) is 7.87. The van der Waals surface area contributed by atoms with Gasteiger partial charge >= 0.3 is 6.01 Å². The Kier molecular flexibility index (Phi) is 5.83. The molecule has 1 aliphatic carbocycles. The highest BCUT2D eigenvalue weighted by Gasteiger charge is 2.21. The highest BCUT2D eigenvalue weighted by atomic mass is 35.5. The summed E-state index contributed by atoms with van der Waals surface area (Å²) in [5, 5.41) is 3.58. The van der Waals surface area contributed by atoms with Gasteiger partial charge in [-0.2, -0.15) is 15.0 Å². The van der Waals surface area contributed by atoms with E-state index < -0.39 is 0 Å². The van der Waals surface area contributed by atoms with Crippen molar-refractivity contribution in [1.82, 2.24) is 15.0 Å². The highest BCUT2D eigenvalue weighted by Crippen LogP contribution is 2.25. The Bertz CT molecular complexity index is 430. The number of aromatic nitrogens is 3. The van der Waals surface area contributed by atoms with Crippen LogP contribution in [-0.2, 0) is 0 Å². The van der Waals surface area contributed by atoms with E-state index in [1.165, 1.54) is 25.7 Å². The monoisotopic (exact) mass is 298 g/mol. The van der Waals surface area contributed by atoms with Gasteiger partial charge in [0.2, 0.25) is 11.2 Å². The van der Waals surface area contributed by atoms with E-state index in [1.807, 2.05) is 6.92 Å². The van der Waals surface area contributed by atoms with Gasteiger partial charge in [-0.25, -0.2) is 0 Å². The van der Waals surface area contributed by atoms with E-state index in [0.717, 1.165) is 12.8 Å². The van der Waals surface area contributed by atoms with Gasteiger partial charge in [0.05, 0.1) is 6.61 Å². The Hall–Kier alpha value is -1.10. The fourth-order valence-corrected chi connectivity index (χ4v) is 2.68. The molecule has 0 aromatic carbocycles. The minimum absolute atomic E-state index is 0.176. The molecular weight excluding hydrogens is 276 g/mol. The van der Waals surface area contributed by atoms with E-state index in [0.29, 0.717) is 30.5 Å². The summed E-state index contributed by atoms with van der Waals surface area (Å²) in [6.07, 6.45) is 7.17. The molecule has 20 heavy (non-hydrogen) atoms. The molecule has 0 aliphatic heterocycles. The number of rotatable bonds is 5. The number of halogens is 1. The van der Waals surface area contributed by atoms with Crippen LogP contribution in [-0.4, -0.2) is 27.6 Å². The summed E-state index contributed by atoms with van der Waals surface area (Å²) in [5.41, 5.74) is 0. The van der Waals surface area contributed by atoms with Crippen molar-refractivity contribution in [3.63, 3.8) is 0 Å². The van der Waals surface area contributed by atoms with E-state index in [1.54, 1.807) is 0 Å². The second kappa shape index (κ2) is 7.62. The molecule has 1 aliphatic rings. The molecule has 0 radical (unpaired) electrons. The number of anilines is 1. The summed E-state index contributed by atoms with van der Waals surface area (Å²) in [6, 6.07) is 0.700. The molecule has 1 heterocycles. The lowest BCUT2D eigenvalue weighted by Crippen LogP contribution is -2.27. The molecule has 1 saturated carbocycles. The van der Waals surface area contributed by atoms with Crippen LogP contribution in [0.2, 0.25) is 5.28 Å². The molecule has 0 amide bonds. The van der Waals surface area contributed by atoms with Crippen molar-refractivity contribution >= 4 is 17.5 Å². The molecule has 1 fully saturated rings. The fourth-order valence-electron chi connectivity index (χ4n) is 2.53. The predicted molar refractivity (Wildman–Crippen MR) is 80.3 cm³/mol. The van der Waals surface area contributed by atoms with Crippen LogP contribution in [0.25, 0.3) is 0 Å². The molecule has 6 heteroatoms. The van der Waals surface area contributed by atoms with Crippen LogP contribution in [0.4, 0.5) is 5.95 Å². The summed E-state index contributed by atoms with van der Waals surface area (Å²) in [7, 11) is 0. The number of hydrogen-bond donors (Lipinski definition) is 1. The molecule has 1 aromatic heterocycles. The van der Waals surface area contributed by atoms with Gasteiger partial charge in [0, 0.05) is 6.04 Å². The standard InChI is InChI=1S/C14H23ClN4O/c1-3-9-20-14-18-12(15)17-13(19-14)16-11-8-6-4-5-7-10(11)2/h10-11H,3-9H2,1-2H3,(H,16,17,18,19).